The van der Waals surface area contributed by atoms with E-state index in [1.165, 1.54) is 37.6 Å². The highest BCUT2D eigenvalue weighted by molar-refractivity contribution is 7.89. The first-order chi connectivity index (χ1) is 9.42. The molecule has 1 heterocycles. The molecule has 0 unspecified atom stereocenters. The Morgan fingerprint density at radius 2 is 2.10 bits per heavy atom. The standard InChI is InChI=1S/C13H13NO5S/c1-9-11(13(15)16)3-2-4-12(9)20(17,18)14-7-10-5-6-19-8-10/h2-6,8,14H,7H2,1H3,(H,15,16). The van der Waals surface area contributed by atoms with Gasteiger partial charge in [-0.1, -0.05) is 6.07 Å². The molecule has 7 heteroatoms. The highest BCUT2D eigenvalue weighted by atomic mass is 32.2. The summed E-state index contributed by atoms with van der Waals surface area (Å²) in [4.78, 5) is 11.0. The van der Waals surface area contributed by atoms with E-state index in [0.29, 0.717) is 5.56 Å². The first-order valence-corrected chi connectivity index (χ1v) is 7.24. The van der Waals surface area contributed by atoms with Crippen molar-refractivity contribution in [2.45, 2.75) is 18.4 Å². The van der Waals surface area contributed by atoms with Gasteiger partial charge >= 0.3 is 5.97 Å². The minimum atomic E-state index is -3.78. The maximum atomic E-state index is 12.2. The van der Waals surface area contributed by atoms with E-state index in [0.717, 1.165) is 0 Å². The van der Waals surface area contributed by atoms with Crippen molar-refractivity contribution in [1.29, 1.82) is 0 Å². The number of carboxylic acids is 1. The largest absolute Gasteiger partial charge is 0.478 e. The van der Waals surface area contributed by atoms with Gasteiger partial charge in [0, 0.05) is 12.1 Å². The molecule has 0 atom stereocenters. The van der Waals surface area contributed by atoms with Crippen molar-refractivity contribution in [3.8, 4) is 0 Å². The van der Waals surface area contributed by atoms with E-state index in [4.69, 9.17) is 9.52 Å². The topological polar surface area (TPSA) is 96.6 Å². The average molecular weight is 295 g/mol. The Morgan fingerprint density at radius 3 is 2.70 bits per heavy atom. The summed E-state index contributed by atoms with van der Waals surface area (Å²) >= 11 is 0. The fourth-order valence-corrected chi connectivity index (χ4v) is 3.07. The molecule has 0 bridgehead atoms. The molecule has 0 amide bonds. The molecule has 2 aromatic rings. The smallest absolute Gasteiger partial charge is 0.335 e. The van der Waals surface area contributed by atoms with Crippen molar-refractivity contribution in [1.82, 2.24) is 4.72 Å². The van der Waals surface area contributed by atoms with Gasteiger partial charge in [0.2, 0.25) is 10.0 Å². The quantitative estimate of drug-likeness (QED) is 0.876. The molecule has 2 rings (SSSR count). The van der Waals surface area contributed by atoms with Crippen LogP contribution in [0, 0.1) is 6.92 Å². The van der Waals surface area contributed by atoms with Gasteiger partial charge in [0.15, 0.2) is 0 Å². The molecule has 0 aliphatic carbocycles. The minimum Gasteiger partial charge on any atom is -0.478 e. The predicted octanol–water partition coefficient (Wildman–Crippen LogP) is 1.76. The van der Waals surface area contributed by atoms with E-state index in [1.807, 2.05) is 0 Å². The van der Waals surface area contributed by atoms with E-state index in [-0.39, 0.29) is 22.6 Å². The number of furan rings is 1. The fraction of sp³-hybridized carbons (Fsp3) is 0.154. The van der Waals surface area contributed by atoms with Gasteiger partial charge in [-0.25, -0.2) is 17.9 Å². The van der Waals surface area contributed by atoms with Crippen molar-refractivity contribution in [2.24, 2.45) is 0 Å². The van der Waals surface area contributed by atoms with Crippen LogP contribution >= 0.6 is 0 Å². The number of rotatable bonds is 5. The first-order valence-electron chi connectivity index (χ1n) is 5.75. The lowest BCUT2D eigenvalue weighted by Crippen LogP contribution is -2.24. The molecule has 0 saturated carbocycles. The Bertz CT molecular complexity index is 719. The second kappa shape index (κ2) is 5.48. The lowest BCUT2D eigenvalue weighted by molar-refractivity contribution is 0.0696. The summed E-state index contributed by atoms with van der Waals surface area (Å²) < 4.78 is 31.6. The number of aromatic carboxylic acids is 1. The van der Waals surface area contributed by atoms with Crippen LogP contribution in [0.1, 0.15) is 21.5 Å². The van der Waals surface area contributed by atoms with Gasteiger partial charge in [0.25, 0.3) is 0 Å². The number of hydrogen-bond acceptors (Lipinski definition) is 4. The van der Waals surface area contributed by atoms with E-state index in [2.05, 4.69) is 4.72 Å². The molecular formula is C13H13NO5S. The highest BCUT2D eigenvalue weighted by Gasteiger charge is 2.20. The maximum Gasteiger partial charge on any atom is 0.335 e. The zero-order chi connectivity index (χ0) is 14.8. The van der Waals surface area contributed by atoms with Crippen LogP contribution in [0.25, 0.3) is 0 Å². The lowest BCUT2D eigenvalue weighted by atomic mass is 10.1. The number of carboxylic acid groups (broad SMARTS) is 1. The third-order valence-corrected chi connectivity index (χ3v) is 4.40. The molecule has 0 radical (unpaired) electrons. The summed E-state index contributed by atoms with van der Waals surface area (Å²) in [7, 11) is -3.78. The summed E-state index contributed by atoms with van der Waals surface area (Å²) in [5, 5.41) is 9.01. The Kier molecular flexibility index (Phi) is 3.91. The highest BCUT2D eigenvalue weighted by Crippen LogP contribution is 2.19. The maximum absolute atomic E-state index is 12.2. The molecular weight excluding hydrogens is 282 g/mol. The average Bonchev–Trinajstić information content (AvgIpc) is 2.89. The molecule has 0 saturated heterocycles. The normalized spacial score (nSPS) is 11.4. The van der Waals surface area contributed by atoms with Crippen LogP contribution in [0.3, 0.4) is 0 Å². The van der Waals surface area contributed by atoms with Gasteiger partial charge in [0.1, 0.15) is 0 Å². The van der Waals surface area contributed by atoms with E-state index in [1.54, 1.807) is 6.07 Å². The zero-order valence-corrected chi connectivity index (χ0v) is 11.5. The summed E-state index contributed by atoms with van der Waals surface area (Å²) in [6.45, 7) is 1.55. The van der Waals surface area contributed by atoms with Crippen molar-refractivity contribution in [3.05, 3.63) is 53.5 Å². The SMILES string of the molecule is Cc1c(C(=O)O)cccc1S(=O)(=O)NCc1ccoc1. The Balaban J connectivity index is 2.30. The molecule has 6 nitrogen and oxygen atoms in total. The second-order valence-electron chi connectivity index (χ2n) is 4.19. The minimum absolute atomic E-state index is 0.0313. The lowest BCUT2D eigenvalue weighted by Gasteiger charge is -2.10. The van der Waals surface area contributed by atoms with Gasteiger partial charge in [-0.3, -0.25) is 0 Å². The Hall–Kier alpha value is -2.12. The first kappa shape index (κ1) is 14.3. The predicted molar refractivity (Wildman–Crippen MR) is 70.9 cm³/mol. The number of hydrogen-bond donors (Lipinski definition) is 2. The molecule has 0 fully saturated rings. The summed E-state index contributed by atoms with van der Waals surface area (Å²) in [6, 6.07) is 5.79. The zero-order valence-electron chi connectivity index (χ0n) is 10.7. The van der Waals surface area contributed by atoms with Gasteiger partial charge in [-0.05, 0) is 30.7 Å². The van der Waals surface area contributed by atoms with Gasteiger partial charge < -0.3 is 9.52 Å². The molecule has 106 valence electrons. The van der Waals surface area contributed by atoms with Crippen LogP contribution < -0.4 is 4.72 Å². The molecule has 0 aliphatic heterocycles. The molecule has 0 spiro atoms. The summed E-state index contributed by atoms with van der Waals surface area (Å²) in [5.41, 5.74) is 0.858. The van der Waals surface area contributed by atoms with Crippen molar-refractivity contribution in [2.75, 3.05) is 0 Å². The van der Waals surface area contributed by atoms with Crippen LogP contribution in [0.4, 0.5) is 0 Å². The Labute approximate surface area is 116 Å². The number of sulfonamides is 1. The van der Waals surface area contributed by atoms with E-state index >= 15 is 0 Å². The monoisotopic (exact) mass is 295 g/mol. The van der Waals surface area contributed by atoms with Crippen LogP contribution in [0.2, 0.25) is 0 Å². The molecule has 20 heavy (non-hydrogen) atoms. The summed E-state index contributed by atoms with van der Waals surface area (Å²) in [6.07, 6.45) is 2.88. The fourth-order valence-electron chi connectivity index (χ4n) is 1.79. The third kappa shape index (κ3) is 2.89. The number of benzene rings is 1. The van der Waals surface area contributed by atoms with Crippen molar-refractivity contribution < 1.29 is 22.7 Å². The second-order valence-corrected chi connectivity index (χ2v) is 5.93. The van der Waals surface area contributed by atoms with Crippen LogP contribution in [0.5, 0.6) is 0 Å². The van der Waals surface area contributed by atoms with Gasteiger partial charge in [-0.2, -0.15) is 0 Å². The van der Waals surface area contributed by atoms with Crippen LogP contribution in [-0.2, 0) is 16.6 Å². The van der Waals surface area contributed by atoms with E-state index < -0.39 is 16.0 Å². The molecule has 0 aliphatic rings. The number of nitrogens with one attached hydrogen (secondary N) is 1. The molecule has 1 aromatic heterocycles. The van der Waals surface area contributed by atoms with Crippen molar-refractivity contribution >= 4 is 16.0 Å². The van der Waals surface area contributed by atoms with Crippen molar-refractivity contribution in [3.63, 3.8) is 0 Å². The van der Waals surface area contributed by atoms with E-state index in [9.17, 15) is 13.2 Å². The molecule has 1 aromatic carbocycles. The molecule has 2 N–H and O–H groups in total. The third-order valence-electron chi connectivity index (χ3n) is 2.85. The number of carbonyl (C=O) groups is 1. The van der Waals surface area contributed by atoms with Crippen LogP contribution in [0.15, 0.2) is 46.1 Å². The van der Waals surface area contributed by atoms with Gasteiger partial charge in [-0.15, -0.1) is 0 Å². The van der Waals surface area contributed by atoms with Gasteiger partial charge in [0.05, 0.1) is 23.0 Å². The Morgan fingerprint density at radius 1 is 1.35 bits per heavy atom. The summed E-state index contributed by atoms with van der Waals surface area (Å²) in [5.74, 6) is -1.16. The van der Waals surface area contributed by atoms with Crippen LogP contribution in [-0.4, -0.2) is 19.5 Å².